The summed E-state index contributed by atoms with van der Waals surface area (Å²) in [4.78, 5) is 39.4. The third-order valence-electron chi connectivity index (χ3n) is 3.82. The molecular formula is C17H14BrNO3S. The molecular weight excluding hydrogens is 378 g/mol. The van der Waals surface area contributed by atoms with E-state index in [9.17, 15) is 14.4 Å². The Hall–Kier alpha value is -1.53. The lowest BCUT2D eigenvalue weighted by Crippen LogP contribution is -2.33. The number of ketones is 2. The van der Waals surface area contributed by atoms with Crippen molar-refractivity contribution in [1.29, 1.82) is 0 Å². The molecule has 1 aromatic rings. The Morgan fingerprint density at radius 1 is 1.22 bits per heavy atom. The summed E-state index contributed by atoms with van der Waals surface area (Å²) < 4.78 is 0. The van der Waals surface area contributed by atoms with Crippen molar-refractivity contribution in [1.82, 2.24) is 0 Å². The van der Waals surface area contributed by atoms with Crippen LogP contribution in [0.5, 0.6) is 0 Å². The van der Waals surface area contributed by atoms with Gasteiger partial charge in [0.1, 0.15) is 5.04 Å². The fourth-order valence-electron chi connectivity index (χ4n) is 2.55. The highest BCUT2D eigenvalue weighted by molar-refractivity contribution is 9.10. The molecule has 1 saturated carbocycles. The van der Waals surface area contributed by atoms with Gasteiger partial charge >= 0.3 is 0 Å². The van der Waals surface area contributed by atoms with Crippen molar-refractivity contribution in [3.63, 3.8) is 0 Å². The lowest BCUT2D eigenvalue weighted by molar-refractivity contribution is -0.138. The number of nitrogens with zero attached hydrogens (tertiary/aromatic N) is 1. The zero-order valence-corrected chi connectivity index (χ0v) is 14.8. The molecule has 2 aliphatic rings. The first-order chi connectivity index (χ1) is 10.9. The predicted octanol–water partition coefficient (Wildman–Crippen LogP) is 3.21. The van der Waals surface area contributed by atoms with Gasteiger partial charge in [0, 0.05) is 12.0 Å². The monoisotopic (exact) mass is 391 g/mol. The molecule has 1 heterocycles. The molecule has 1 aliphatic carbocycles. The molecule has 3 rings (SSSR count). The van der Waals surface area contributed by atoms with Gasteiger partial charge in [-0.25, -0.2) is 4.99 Å². The van der Waals surface area contributed by atoms with Gasteiger partial charge in [0.25, 0.3) is 5.91 Å². The maximum absolute atomic E-state index is 12.1. The molecule has 2 unspecified atom stereocenters. The number of allylic oxidation sites excluding steroid dienone is 1. The molecule has 4 nitrogen and oxygen atoms in total. The van der Waals surface area contributed by atoms with Gasteiger partial charge in [-0.3, -0.25) is 14.4 Å². The molecule has 2 atom stereocenters. The van der Waals surface area contributed by atoms with Crippen LogP contribution in [0.25, 0.3) is 0 Å². The third-order valence-corrected chi connectivity index (χ3v) is 5.66. The number of rotatable bonds is 2. The fourth-order valence-corrected chi connectivity index (χ4v) is 4.27. The standard InChI is InChI=1S/C17H14BrNO3S/c1-9-2-4-11(5-3-9)17-19-16(22)14(23-17)8-10-6-12(18)15(21)13(20)7-10/h2-5,8,10,12H,6-7H2,1H3/b14-8-. The number of carbonyl (C=O) groups excluding carboxylic acids is 3. The molecule has 23 heavy (non-hydrogen) atoms. The first-order valence-corrected chi connectivity index (χ1v) is 8.98. The lowest BCUT2D eigenvalue weighted by Gasteiger charge is -2.21. The normalized spacial score (nSPS) is 26.8. The molecule has 0 aromatic heterocycles. The SMILES string of the molecule is Cc1ccc(C2=NC(=O)/C(=C/C3CC(=O)C(=O)C(Br)C3)S2)cc1. The van der Waals surface area contributed by atoms with Crippen LogP contribution >= 0.6 is 27.7 Å². The molecule has 6 heteroatoms. The summed E-state index contributed by atoms with van der Waals surface area (Å²) in [7, 11) is 0. The number of aliphatic imine (C=N–C) groups is 1. The first kappa shape index (κ1) is 16.3. The number of hydrogen-bond donors (Lipinski definition) is 0. The summed E-state index contributed by atoms with van der Waals surface area (Å²) in [5, 5.41) is 0.676. The smallest absolute Gasteiger partial charge is 0.284 e. The van der Waals surface area contributed by atoms with Crippen LogP contribution in [0.4, 0.5) is 0 Å². The van der Waals surface area contributed by atoms with Gasteiger partial charge in [-0.1, -0.05) is 63.6 Å². The maximum atomic E-state index is 12.1. The minimum Gasteiger partial charge on any atom is -0.291 e. The molecule has 118 valence electrons. The van der Waals surface area contributed by atoms with E-state index >= 15 is 0 Å². The van der Waals surface area contributed by atoms with Crippen LogP contribution in [-0.4, -0.2) is 27.3 Å². The van der Waals surface area contributed by atoms with E-state index in [1.807, 2.05) is 31.2 Å². The van der Waals surface area contributed by atoms with Crippen molar-refractivity contribution in [2.24, 2.45) is 10.9 Å². The summed E-state index contributed by atoms with van der Waals surface area (Å²) in [6, 6.07) is 7.83. The van der Waals surface area contributed by atoms with Gasteiger partial charge in [0.15, 0.2) is 5.78 Å². The number of Topliss-reactive ketones (excluding diaryl/α,β-unsaturated/α-hetero) is 2. The Labute approximate surface area is 146 Å². The molecule has 1 aliphatic heterocycles. The molecule has 1 fully saturated rings. The van der Waals surface area contributed by atoms with Crippen molar-refractivity contribution in [2.45, 2.75) is 24.6 Å². The van der Waals surface area contributed by atoms with Crippen molar-refractivity contribution >= 4 is 50.2 Å². The number of hydrogen-bond acceptors (Lipinski definition) is 4. The van der Waals surface area contributed by atoms with E-state index in [0.717, 1.165) is 11.1 Å². The Kier molecular flexibility index (Phi) is 4.64. The van der Waals surface area contributed by atoms with Crippen molar-refractivity contribution in [3.8, 4) is 0 Å². The number of aryl methyl sites for hydroxylation is 1. The van der Waals surface area contributed by atoms with Crippen LogP contribution < -0.4 is 0 Å². The average molecular weight is 392 g/mol. The molecule has 0 saturated heterocycles. The van der Waals surface area contributed by atoms with Gasteiger partial charge in [-0.2, -0.15) is 0 Å². The van der Waals surface area contributed by atoms with Gasteiger partial charge < -0.3 is 0 Å². The Bertz CT molecular complexity index is 752. The summed E-state index contributed by atoms with van der Waals surface area (Å²) in [6.07, 6.45) is 2.48. The van der Waals surface area contributed by atoms with Gasteiger partial charge in [-0.05, 0) is 19.3 Å². The van der Waals surface area contributed by atoms with Crippen LogP contribution in [0.15, 0.2) is 40.2 Å². The highest BCUT2D eigenvalue weighted by Crippen LogP contribution is 2.34. The Morgan fingerprint density at radius 2 is 1.91 bits per heavy atom. The van der Waals surface area contributed by atoms with Crippen LogP contribution in [0.2, 0.25) is 0 Å². The van der Waals surface area contributed by atoms with E-state index in [4.69, 9.17) is 0 Å². The molecule has 0 bridgehead atoms. The second-order valence-electron chi connectivity index (χ2n) is 5.68. The van der Waals surface area contributed by atoms with Crippen molar-refractivity contribution in [3.05, 3.63) is 46.4 Å². The summed E-state index contributed by atoms with van der Waals surface area (Å²) >= 11 is 4.56. The van der Waals surface area contributed by atoms with E-state index in [1.54, 1.807) is 6.08 Å². The molecule has 1 amide bonds. The number of thioether (sulfide) groups is 1. The Balaban J connectivity index is 1.76. The average Bonchev–Trinajstić information content (AvgIpc) is 2.86. The topological polar surface area (TPSA) is 63.6 Å². The van der Waals surface area contributed by atoms with Crippen LogP contribution in [0.3, 0.4) is 0 Å². The second-order valence-corrected chi connectivity index (χ2v) is 7.81. The molecule has 0 N–H and O–H groups in total. The highest BCUT2D eigenvalue weighted by Gasteiger charge is 2.34. The zero-order valence-electron chi connectivity index (χ0n) is 12.4. The highest BCUT2D eigenvalue weighted by atomic mass is 79.9. The number of benzene rings is 1. The number of amides is 1. The van der Waals surface area contributed by atoms with Crippen molar-refractivity contribution < 1.29 is 14.4 Å². The summed E-state index contributed by atoms with van der Waals surface area (Å²) in [6.45, 7) is 2.00. The summed E-state index contributed by atoms with van der Waals surface area (Å²) in [5.74, 6) is -1.14. The zero-order chi connectivity index (χ0) is 16.6. The van der Waals surface area contributed by atoms with E-state index in [0.29, 0.717) is 16.4 Å². The van der Waals surface area contributed by atoms with Gasteiger partial charge in [0.05, 0.1) is 9.73 Å². The minimum absolute atomic E-state index is 0.108. The molecule has 1 aromatic carbocycles. The lowest BCUT2D eigenvalue weighted by atomic mass is 9.87. The van der Waals surface area contributed by atoms with Crippen molar-refractivity contribution in [2.75, 3.05) is 0 Å². The largest absolute Gasteiger partial charge is 0.291 e. The predicted molar refractivity (Wildman–Crippen MR) is 93.9 cm³/mol. The van der Waals surface area contributed by atoms with Crippen LogP contribution in [0, 0.1) is 12.8 Å². The van der Waals surface area contributed by atoms with Crippen LogP contribution in [-0.2, 0) is 14.4 Å². The van der Waals surface area contributed by atoms with E-state index in [2.05, 4.69) is 20.9 Å². The number of alkyl halides is 1. The second kappa shape index (κ2) is 6.53. The molecule has 0 spiro atoms. The van der Waals surface area contributed by atoms with E-state index in [1.165, 1.54) is 11.8 Å². The minimum atomic E-state index is -0.454. The van der Waals surface area contributed by atoms with Gasteiger partial charge in [-0.15, -0.1) is 0 Å². The first-order valence-electron chi connectivity index (χ1n) is 7.25. The quantitative estimate of drug-likeness (QED) is 0.441. The Morgan fingerprint density at radius 3 is 2.57 bits per heavy atom. The maximum Gasteiger partial charge on any atom is 0.284 e. The number of carbonyl (C=O) groups is 3. The van der Waals surface area contributed by atoms with Crippen LogP contribution in [0.1, 0.15) is 24.0 Å². The fraction of sp³-hybridized carbons (Fsp3) is 0.294. The third kappa shape index (κ3) is 3.53. The van der Waals surface area contributed by atoms with E-state index < -0.39 is 4.83 Å². The van der Waals surface area contributed by atoms with Gasteiger partial charge in [0.2, 0.25) is 5.78 Å². The summed E-state index contributed by atoms with van der Waals surface area (Å²) in [5.41, 5.74) is 2.05. The molecule has 0 radical (unpaired) electrons. The number of halogens is 1. The van der Waals surface area contributed by atoms with E-state index in [-0.39, 0.29) is 29.8 Å².